The van der Waals surface area contributed by atoms with Gasteiger partial charge in [0.25, 0.3) is 0 Å². The first kappa shape index (κ1) is 35.8. The van der Waals surface area contributed by atoms with E-state index in [1.165, 1.54) is 48.5 Å². The van der Waals surface area contributed by atoms with Gasteiger partial charge in [0.1, 0.15) is 5.75 Å². The van der Waals surface area contributed by atoms with Crippen LogP contribution in [0.5, 0.6) is 5.75 Å². The molecule has 0 bridgehead atoms. The molecular weight excluding hydrogens is 723 g/mol. The SMILES string of the molecule is O=P(c1cc(C(F)(F)F)cc(C(F)(F)F)c1)(c1cc(C(F)(F)F)cc(C(F)(F)F)c1)c1ccc2ccccc2c1-c1c(O)ccc2ccccc12. The Morgan fingerprint density at radius 1 is 0.431 bits per heavy atom. The fourth-order valence-corrected chi connectivity index (χ4v) is 8.95. The predicted molar refractivity (Wildman–Crippen MR) is 168 cm³/mol. The average Bonchev–Trinajstić information content (AvgIpc) is 3.05. The van der Waals surface area contributed by atoms with E-state index in [1.54, 1.807) is 18.2 Å². The highest BCUT2D eigenvalue weighted by Gasteiger charge is 2.44. The minimum absolute atomic E-state index is 0.0193. The molecule has 6 aromatic rings. The van der Waals surface area contributed by atoms with Gasteiger partial charge in [-0.25, -0.2) is 0 Å². The zero-order chi connectivity index (χ0) is 37.3. The number of phenols is 1. The van der Waals surface area contributed by atoms with Gasteiger partial charge in [-0.15, -0.1) is 0 Å². The maximum atomic E-state index is 15.9. The Kier molecular flexibility index (Phi) is 8.49. The van der Waals surface area contributed by atoms with Gasteiger partial charge in [0, 0.05) is 27.0 Å². The third-order valence-electron chi connectivity index (χ3n) is 8.28. The highest BCUT2D eigenvalue weighted by atomic mass is 31.2. The van der Waals surface area contributed by atoms with Crippen LogP contribution in [0.1, 0.15) is 22.3 Å². The smallest absolute Gasteiger partial charge is 0.416 e. The van der Waals surface area contributed by atoms with Crippen molar-refractivity contribution < 1.29 is 62.4 Å². The van der Waals surface area contributed by atoms with Crippen LogP contribution >= 0.6 is 7.14 Å². The van der Waals surface area contributed by atoms with Gasteiger partial charge in [-0.3, -0.25) is 0 Å². The Morgan fingerprint density at radius 2 is 0.784 bits per heavy atom. The van der Waals surface area contributed by atoms with Crippen molar-refractivity contribution >= 4 is 44.6 Å². The number of hydrogen-bond acceptors (Lipinski definition) is 2. The quantitative estimate of drug-likeness (QED) is 0.144. The molecule has 0 aromatic heterocycles. The zero-order valence-corrected chi connectivity index (χ0v) is 26.1. The third kappa shape index (κ3) is 6.53. The first-order valence-electron chi connectivity index (χ1n) is 14.5. The van der Waals surface area contributed by atoms with Gasteiger partial charge >= 0.3 is 24.7 Å². The molecule has 0 radical (unpaired) electrons. The fourth-order valence-electron chi connectivity index (χ4n) is 5.98. The van der Waals surface area contributed by atoms with Gasteiger partial charge < -0.3 is 9.67 Å². The Bertz CT molecular complexity index is 2230. The number of fused-ring (bicyclic) bond motifs is 2. The molecule has 51 heavy (non-hydrogen) atoms. The molecule has 0 atom stereocenters. The number of halogens is 12. The van der Waals surface area contributed by atoms with Crippen molar-refractivity contribution in [3.05, 3.63) is 131 Å². The maximum absolute atomic E-state index is 15.9. The average molecular weight is 742 g/mol. The molecule has 6 aromatic carbocycles. The third-order valence-corrected chi connectivity index (χ3v) is 11.3. The van der Waals surface area contributed by atoms with E-state index in [-0.39, 0.29) is 58.3 Å². The summed E-state index contributed by atoms with van der Waals surface area (Å²) >= 11 is 0. The molecule has 0 amide bonds. The van der Waals surface area contributed by atoms with E-state index in [2.05, 4.69) is 0 Å². The second-order valence-corrected chi connectivity index (χ2v) is 14.2. The lowest BCUT2D eigenvalue weighted by atomic mass is 9.93. The monoisotopic (exact) mass is 742 g/mol. The number of hydrogen-bond donors (Lipinski definition) is 1. The molecule has 0 unspecified atom stereocenters. The summed E-state index contributed by atoms with van der Waals surface area (Å²) in [4.78, 5) is 0. The van der Waals surface area contributed by atoms with Crippen LogP contribution in [0.25, 0.3) is 32.7 Å². The van der Waals surface area contributed by atoms with Crippen LogP contribution in [-0.2, 0) is 29.3 Å². The lowest BCUT2D eigenvalue weighted by molar-refractivity contribution is -0.144. The summed E-state index contributed by atoms with van der Waals surface area (Å²) in [6.45, 7) is 0. The van der Waals surface area contributed by atoms with Crippen LogP contribution in [0.15, 0.2) is 109 Å². The van der Waals surface area contributed by atoms with Crippen molar-refractivity contribution in [3.8, 4) is 16.9 Å². The number of benzene rings is 6. The molecule has 0 spiro atoms. The van der Waals surface area contributed by atoms with E-state index in [0.717, 1.165) is 6.07 Å². The predicted octanol–water partition coefficient (Wildman–Crippen LogP) is 11.1. The molecule has 6 rings (SSSR count). The van der Waals surface area contributed by atoms with E-state index < -0.39 is 75.8 Å². The van der Waals surface area contributed by atoms with Crippen molar-refractivity contribution in [1.29, 1.82) is 0 Å². The molecule has 1 N–H and O–H groups in total. The molecule has 0 heterocycles. The molecule has 2 nitrogen and oxygen atoms in total. The summed E-state index contributed by atoms with van der Waals surface area (Å²) in [6, 6.07) is 16.3. The molecule has 0 fully saturated rings. The van der Waals surface area contributed by atoms with Gasteiger partial charge in [-0.05, 0) is 70.1 Å². The molecular formula is C36H19F12O2P. The molecule has 264 valence electrons. The first-order valence-corrected chi connectivity index (χ1v) is 16.2. The molecule has 0 saturated heterocycles. The van der Waals surface area contributed by atoms with Crippen molar-refractivity contribution in [2.75, 3.05) is 0 Å². The van der Waals surface area contributed by atoms with Crippen molar-refractivity contribution in [3.63, 3.8) is 0 Å². The lowest BCUT2D eigenvalue weighted by Crippen LogP contribution is -2.30. The number of aromatic hydroxyl groups is 1. The van der Waals surface area contributed by atoms with E-state index in [0.29, 0.717) is 10.8 Å². The Morgan fingerprint density at radius 3 is 1.18 bits per heavy atom. The highest BCUT2D eigenvalue weighted by Crippen LogP contribution is 2.52. The standard InChI is InChI=1S/C36H19F12O2P/c37-33(38,39)21-13-22(34(40,41)42)16-25(15-21)51(50,26-17-23(35(43,44)45)14-24(18-26)36(46,47)48)30-12-10-20-6-2-4-8-28(20)32(30)31-27-7-3-1-5-19(27)9-11-29(31)49/h1-18,49H. The molecule has 0 aliphatic carbocycles. The Balaban J connectivity index is 1.89. The van der Waals surface area contributed by atoms with E-state index in [4.69, 9.17) is 0 Å². The minimum atomic E-state index is -5.68. The van der Waals surface area contributed by atoms with Crippen LogP contribution < -0.4 is 15.9 Å². The molecule has 0 saturated carbocycles. The summed E-state index contributed by atoms with van der Waals surface area (Å²) in [5.74, 6) is -0.544. The normalized spacial score (nSPS) is 13.3. The van der Waals surface area contributed by atoms with E-state index in [1.807, 2.05) is 0 Å². The first-order chi connectivity index (χ1) is 23.6. The molecule has 0 aliphatic rings. The van der Waals surface area contributed by atoms with Crippen molar-refractivity contribution in [2.45, 2.75) is 24.7 Å². The zero-order valence-electron chi connectivity index (χ0n) is 25.2. The maximum Gasteiger partial charge on any atom is 0.416 e. The largest absolute Gasteiger partial charge is 0.507 e. The highest BCUT2D eigenvalue weighted by molar-refractivity contribution is 7.85. The van der Waals surface area contributed by atoms with Crippen LogP contribution in [0, 0.1) is 0 Å². The topological polar surface area (TPSA) is 37.3 Å². The van der Waals surface area contributed by atoms with Crippen molar-refractivity contribution in [2.24, 2.45) is 0 Å². The molecule has 0 aliphatic heterocycles. The number of alkyl halides is 12. The Labute approximate surface area is 279 Å². The lowest BCUT2D eigenvalue weighted by Gasteiger charge is -2.27. The summed E-state index contributed by atoms with van der Waals surface area (Å²) in [5.41, 5.74) is -8.51. The molecule has 15 heteroatoms. The van der Waals surface area contributed by atoms with Crippen LogP contribution in [0.2, 0.25) is 0 Å². The second-order valence-electron chi connectivity index (χ2n) is 11.5. The number of rotatable bonds is 4. The summed E-state index contributed by atoms with van der Waals surface area (Å²) in [7, 11) is -5.68. The summed E-state index contributed by atoms with van der Waals surface area (Å²) in [5, 5.41) is 8.86. The second kappa shape index (κ2) is 12.1. The van der Waals surface area contributed by atoms with Crippen LogP contribution in [0.4, 0.5) is 52.7 Å². The fraction of sp³-hybridized carbons (Fsp3) is 0.111. The van der Waals surface area contributed by atoms with Crippen LogP contribution in [-0.4, -0.2) is 5.11 Å². The number of phenolic OH excluding ortho intramolecular Hbond substituents is 1. The van der Waals surface area contributed by atoms with Gasteiger partial charge in [0.05, 0.1) is 22.3 Å². The van der Waals surface area contributed by atoms with Gasteiger partial charge in [0.2, 0.25) is 0 Å². The van der Waals surface area contributed by atoms with Gasteiger partial charge in [0.15, 0.2) is 7.14 Å². The van der Waals surface area contributed by atoms with Gasteiger partial charge in [-0.1, -0.05) is 60.7 Å². The van der Waals surface area contributed by atoms with Crippen LogP contribution in [0.3, 0.4) is 0 Å². The van der Waals surface area contributed by atoms with E-state index in [9.17, 15) is 57.8 Å². The van der Waals surface area contributed by atoms with Crippen molar-refractivity contribution in [1.82, 2.24) is 0 Å². The summed E-state index contributed by atoms with van der Waals surface area (Å²) in [6.07, 6.45) is -22.1. The van der Waals surface area contributed by atoms with Gasteiger partial charge in [-0.2, -0.15) is 52.7 Å². The van der Waals surface area contributed by atoms with E-state index >= 15 is 4.57 Å². The summed E-state index contributed by atoms with van der Waals surface area (Å²) < 4.78 is 186. The minimum Gasteiger partial charge on any atom is -0.507 e. The Hall–Kier alpha value is -4.97.